The second kappa shape index (κ2) is 8.11. The number of amidine groups is 1. The third kappa shape index (κ3) is 3.52. The average Bonchev–Trinajstić information content (AvgIpc) is 3.25. The third-order valence-electron chi connectivity index (χ3n) is 7.69. The molecule has 2 saturated heterocycles. The van der Waals surface area contributed by atoms with Crippen LogP contribution in [0.3, 0.4) is 0 Å². The molecule has 2 bridgehead atoms. The summed E-state index contributed by atoms with van der Waals surface area (Å²) in [6.07, 6.45) is 4.04. The fourth-order valence-corrected chi connectivity index (χ4v) is 7.21. The summed E-state index contributed by atoms with van der Waals surface area (Å²) in [5.74, 6) is -1.32. The zero-order valence-corrected chi connectivity index (χ0v) is 20.3. The number of nitrogens with two attached hydrogens (primary N) is 1. The molecule has 2 aromatic rings. The maximum atomic E-state index is 15.2. The van der Waals surface area contributed by atoms with Crippen molar-refractivity contribution in [3.8, 4) is 0 Å². The van der Waals surface area contributed by atoms with Crippen LogP contribution in [-0.4, -0.2) is 51.0 Å². The highest BCUT2D eigenvalue weighted by Gasteiger charge is 2.72. The minimum Gasteiger partial charge on any atom is -0.378 e. The number of carbonyl (C=O) groups excluding carboxylic acids is 1. The molecule has 0 radical (unpaired) electrons. The van der Waals surface area contributed by atoms with Gasteiger partial charge in [-0.15, -0.1) is 0 Å². The van der Waals surface area contributed by atoms with Gasteiger partial charge < -0.3 is 15.4 Å². The van der Waals surface area contributed by atoms with Crippen molar-refractivity contribution < 1.29 is 18.3 Å². The van der Waals surface area contributed by atoms with Crippen molar-refractivity contribution in [1.29, 1.82) is 0 Å². The zero-order chi connectivity index (χ0) is 25.2. The number of pyridine rings is 1. The van der Waals surface area contributed by atoms with Gasteiger partial charge in [0, 0.05) is 24.2 Å². The van der Waals surface area contributed by atoms with E-state index in [1.807, 2.05) is 4.90 Å². The number of aliphatic imine (C=N–C) groups is 1. The van der Waals surface area contributed by atoms with Gasteiger partial charge in [-0.3, -0.25) is 14.8 Å². The fourth-order valence-electron chi connectivity index (χ4n) is 5.78. The largest absolute Gasteiger partial charge is 0.378 e. The summed E-state index contributed by atoms with van der Waals surface area (Å²) in [7, 11) is 0. The summed E-state index contributed by atoms with van der Waals surface area (Å²) in [6.45, 7) is 9.92. The van der Waals surface area contributed by atoms with E-state index in [4.69, 9.17) is 17.0 Å². The number of morpholine rings is 1. The van der Waals surface area contributed by atoms with Crippen molar-refractivity contribution >= 4 is 40.4 Å². The highest BCUT2D eigenvalue weighted by Crippen LogP contribution is 2.67. The van der Waals surface area contributed by atoms with Gasteiger partial charge in [-0.05, 0) is 49.6 Å². The number of ether oxygens (including phenoxy) is 1. The molecule has 0 spiro atoms. The van der Waals surface area contributed by atoms with Gasteiger partial charge in [0.1, 0.15) is 16.4 Å². The number of hydrogen-bond acceptors (Lipinski definition) is 6. The summed E-state index contributed by atoms with van der Waals surface area (Å²) in [5, 5.41) is 0.246. The maximum absolute atomic E-state index is 15.2. The highest BCUT2D eigenvalue weighted by atomic mass is 32.2. The number of amides is 1. The van der Waals surface area contributed by atoms with E-state index in [1.165, 1.54) is 48.3 Å². The van der Waals surface area contributed by atoms with Crippen LogP contribution in [0, 0.1) is 18.3 Å². The van der Waals surface area contributed by atoms with Crippen molar-refractivity contribution in [2.45, 2.75) is 42.2 Å². The molecule has 2 unspecified atom stereocenters. The Labute approximate surface area is 211 Å². The monoisotopic (exact) mass is 507 g/mol. The highest BCUT2D eigenvalue weighted by molar-refractivity contribution is 8.15. The second-order valence-corrected chi connectivity index (χ2v) is 11.2. The molecule has 7 nitrogen and oxygen atoms in total. The van der Waals surface area contributed by atoms with Crippen LogP contribution in [0.2, 0.25) is 0 Å². The molecular formula is C26H23F2N5O2S. The fraction of sp³-hybridized carbons (Fsp3) is 0.385. The SMILES string of the molecule is [C-]#[N+]c1ccc(/C(F)=C/c2ccc(F)c([C@@]3(C)N=C(N)S[C@@]4(C(=O)N5CC6CC5CO6)C[C@H]43)c2)nc1. The number of fused-ring (bicyclic) bond motifs is 3. The number of nitrogens with zero attached hydrogens (tertiary/aromatic N) is 4. The average molecular weight is 508 g/mol. The summed E-state index contributed by atoms with van der Waals surface area (Å²) in [4.78, 5) is 27.4. The van der Waals surface area contributed by atoms with Gasteiger partial charge in [-0.2, -0.15) is 0 Å². The lowest BCUT2D eigenvalue weighted by Crippen LogP contribution is -2.50. The predicted molar refractivity (Wildman–Crippen MR) is 133 cm³/mol. The Bertz CT molecular complexity index is 1370. The van der Waals surface area contributed by atoms with Crippen LogP contribution < -0.4 is 5.73 Å². The van der Waals surface area contributed by atoms with Gasteiger partial charge in [0.25, 0.3) is 0 Å². The standard InChI is InChI=1S/C26H23F2N5O2S/c1-25(18-7-14(3-5-19(18)27)8-20(28)21-6-4-15(30-2)11-31-21)22-10-26(22,36-24(29)32-25)23(34)33-12-17-9-16(33)13-35-17/h3-8,11,16-17,22H,9-10,12-13H2,1H3,(H2,29,32)/b20-8-/t16?,17?,22-,25+,26-/m0/s1. The van der Waals surface area contributed by atoms with Crippen LogP contribution in [0.4, 0.5) is 14.5 Å². The minimum absolute atomic E-state index is 0.0220. The molecule has 36 heavy (non-hydrogen) atoms. The van der Waals surface area contributed by atoms with Crippen LogP contribution >= 0.6 is 11.8 Å². The number of likely N-dealkylation sites (tertiary alicyclic amines) is 1. The first-order chi connectivity index (χ1) is 17.2. The lowest BCUT2D eigenvalue weighted by atomic mass is 9.84. The quantitative estimate of drug-likeness (QED) is 0.625. The topological polar surface area (TPSA) is 85.2 Å². The molecular weight excluding hydrogens is 484 g/mol. The predicted octanol–water partition coefficient (Wildman–Crippen LogP) is 4.27. The Morgan fingerprint density at radius 2 is 2.22 bits per heavy atom. The molecule has 3 aliphatic heterocycles. The Balaban J connectivity index is 1.32. The first-order valence-electron chi connectivity index (χ1n) is 11.7. The lowest BCUT2D eigenvalue weighted by Gasteiger charge is -2.37. The van der Waals surface area contributed by atoms with E-state index < -0.39 is 21.9 Å². The number of aromatic nitrogens is 1. The van der Waals surface area contributed by atoms with Gasteiger partial charge >= 0.3 is 0 Å². The second-order valence-electron chi connectivity index (χ2n) is 9.89. The van der Waals surface area contributed by atoms with Crippen LogP contribution in [0.5, 0.6) is 0 Å². The number of carbonyl (C=O) groups is 1. The summed E-state index contributed by atoms with van der Waals surface area (Å²) in [6, 6.07) is 7.31. The molecule has 1 amide bonds. The lowest BCUT2D eigenvalue weighted by molar-refractivity contribution is -0.136. The molecule has 3 fully saturated rings. The van der Waals surface area contributed by atoms with Crippen molar-refractivity contribution in [2.24, 2.45) is 16.6 Å². The van der Waals surface area contributed by atoms with E-state index in [1.54, 1.807) is 13.0 Å². The van der Waals surface area contributed by atoms with Crippen molar-refractivity contribution in [3.63, 3.8) is 0 Å². The van der Waals surface area contributed by atoms with Crippen LogP contribution in [-0.2, 0) is 15.1 Å². The number of halogens is 2. The first kappa shape index (κ1) is 23.1. The van der Waals surface area contributed by atoms with E-state index >= 15 is 4.39 Å². The molecule has 1 aromatic heterocycles. The molecule has 184 valence electrons. The molecule has 5 atom stereocenters. The smallest absolute Gasteiger partial charge is 0.240 e. The van der Waals surface area contributed by atoms with Gasteiger partial charge in [0.2, 0.25) is 11.6 Å². The van der Waals surface area contributed by atoms with Crippen molar-refractivity contribution in [2.75, 3.05) is 13.2 Å². The summed E-state index contributed by atoms with van der Waals surface area (Å²) < 4.78 is 35.0. The molecule has 10 heteroatoms. The molecule has 2 N–H and O–H groups in total. The van der Waals surface area contributed by atoms with E-state index in [0.717, 1.165) is 6.42 Å². The number of rotatable bonds is 4. The van der Waals surface area contributed by atoms with Gasteiger partial charge in [-0.25, -0.2) is 13.6 Å². The maximum Gasteiger partial charge on any atom is 0.240 e. The molecule has 4 heterocycles. The van der Waals surface area contributed by atoms with Gasteiger partial charge in [0.15, 0.2) is 5.17 Å². The Morgan fingerprint density at radius 1 is 1.39 bits per heavy atom. The number of hydrogen-bond donors (Lipinski definition) is 1. The minimum atomic E-state index is -1.07. The van der Waals surface area contributed by atoms with Gasteiger partial charge in [0.05, 0.1) is 36.6 Å². The van der Waals surface area contributed by atoms with E-state index in [-0.39, 0.29) is 40.4 Å². The van der Waals surface area contributed by atoms with E-state index in [9.17, 15) is 9.18 Å². The van der Waals surface area contributed by atoms with Crippen molar-refractivity contribution in [3.05, 3.63) is 70.6 Å². The number of benzene rings is 1. The summed E-state index contributed by atoms with van der Waals surface area (Å²) in [5.41, 5.74) is 6.25. The van der Waals surface area contributed by atoms with Crippen LogP contribution in [0.1, 0.15) is 36.6 Å². The number of thioether (sulfide) groups is 1. The Kier molecular flexibility index (Phi) is 5.21. The first-order valence-corrected chi connectivity index (χ1v) is 12.5. The van der Waals surface area contributed by atoms with E-state index in [0.29, 0.717) is 30.8 Å². The molecule has 1 saturated carbocycles. The summed E-state index contributed by atoms with van der Waals surface area (Å²) >= 11 is 1.28. The van der Waals surface area contributed by atoms with Crippen molar-refractivity contribution in [1.82, 2.24) is 9.88 Å². The molecule has 6 rings (SSSR count). The van der Waals surface area contributed by atoms with Crippen LogP contribution in [0.25, 0.3) is 16.7 Å². The molecule has 1 aliphatic carbocycles. The molecule has 4 aliphatic rings. The third-order valence-corrected chi connectivity index (χ3v) is 8.98. The van der Waals surface area contributed by atoms with E-state index in [2.05, 4.69) is 14.8 Å². The molecule has 1 aromatic carbocycles. The normalized spacial score (nSPS) is 32.6. The zero-order valence-electron chi connectivity index (χ0n) is 19.4. The van der Waals surface area contributed by atoms with Crippen LogP contribution in [0.15, 0.2) is 41.5 Å². The Morgan fingerprint density at radius 3 is 2.89 bits per heavy atom. The van der Waals surface area contributed by atoms with Gasteiger partial charge in [-0.1, -0.05) is 23.9 Å². The Hall–Kier alpha value is -3.29.